The first-order valence-corrected chi connectivity index (χ1v) is 4.99. The second kappa shape index (κ2) is 5.67. The van der Waals surface area contributed by atoms with E-state index < -0.39 is 22.4 Å². The number of nitro groups is 1. The molecular formula is C10H11F3N2O3. The highest BCUT2D eigenvalue weighted by atomic mass is 19.4. The first-order valence-electron chi connectivity index (χ1n) is 4.99. The lowest BCUT2D eigenvalue weighted by molar-refractivity contribution is -0.386. The maximum atomic E-state index is 12.4. The van der Waals surface area contributed by atoms with Crippen LogP contribution >= 0.6 is 0 Å². The van der Waals surface area contributed by atoms with E-state index in [9.17, 15) is 23.3 Å². The number of nitrogens with one attached hydrogen (secondary N) is 1. The Bertz CT molecular complexity index is 435. The highest BCUT2D eigenvalue weighted by molar-refractivity contribution is 5.49. The SMILES string of the molecule is CNCCOc1ccc(C(F)(F)F)cc1[N+](=O)[O-]. The third-order valence-electron chi connectivity index (χ3n) is 2.09. The summed E-state index contributed by atoms with van der Waals surface area (Å²) in [5, 5.41) is 13.4. The van der Waals surface area contributed by atoms with Crippen LogP contribution in [0.5, 0.6) is 5.75 Å². The molecule has 0 radical (unpaired) electrons. The molecule has 0 bridgehead atoms. The smallest absolute Gasteiger partial charge is 0.416 e. The second-order valence-corrected chi connectivity index (χ2v) is 3.39. The summed E-state index contributed by atoms with van der Waals surface area (Å²) >= 11 is 0. The molecule has 1 N–H and O–H groups in total. The lowest BCUT2D eigenvalue weighted by Gasteiger charge is -2.09. The largest absolute Gasteiger partial charge is 0.485 e. The van der Waals surface area contributed by atoms with Crippen LogP contribution < -0.4 is 10.1 Å². The number of benzene rings is 1. The summed E-state index contributed by atoms with van der Waals surface area (Å²) in [6, 6.07) is 2.17. The Hall–Kier alpha value is -1.83. The predicted octanol–water partition coefficient (Wildman–Crippen LogP) is 2.21. The van der Waals surface area contributed by atoms with Gasteiger partial charge in [-0.2, -0.15) is 13.2 Å². The number of hydrogen-bond acceptors (Lipinski definition) is 4. The van der Waals surface area contributed by atoms with Crippen molar-refractivity contribution in [2.75, 3.05) is 20.2 Å². The van der Waals surface area contributed by atoms with Crippen LogP contribution in [0.2, 0.25) is 0 Å². The molecule has 5 nitrogen and oxygen atoms in total. The van der Waals surface area contributed by atoms with Gasteiger partial charge >= 0.3 is 11.9 Å². The molecule has 100 valence electrons. The summed E-state index contributed by atoms with van der Waals surface area (Å²) in [6.07, 6.45) is -4.62. The average molecular weight is 264 g/mol. The molecule has 0 aliphatic rings. The minimum atomic E-state index is -4.62. The average Bonchev–Trinajstić information content (AvgIpc) is 2.28. The summed E-state index contributed by atoms with van der Waals surface area (Å²) in [6.45, 7) is 0.556. The van der Waals surface area contributed by atoms with Gasteiger partial charge in [-0.05, 0) is 19.2 Å². The fourth-order valence-corrected chi connectivity index (χ4v) is 1.22. The minimum Gasteiger partial charge on any atom is -0.485 e. The minimum absolute atomic E-state index is 0.128. The van der Waals surface area contributed by atoms with E-state index in [1.807, 2.05) is 0 Å². The van der Waals surface area contributed by atoms with E-state index in [0.29, 0.717) is 12.6 Å². The Kier molecular flexibility index (Phi) is 4.49. The van der Waals surface area contributed by atoms with Gasteiger partial charge in [-0.15, -0.1) is 0 Å². The Balaban J connectivity index is 3.01. The zero-order valence-corrected chi connectivity index (χ0v) is 9.45. The van der Waals surface area contributed by atoms with Crippen LogP contribution in [0.3, 0.4) is 0 Å². The van der Waals surface area contributed by atoms with Crippen molar-refractivity contribution in [3.8, 4) is 5.75 Å². The molecule has 0 amide bonds. The van der Waals surface area contributed by atoms with Crippen molar-refractivity contribution in [1.82, 2.24) is 5.32 Å². The van der Waals surface area contributed by atoms with Crippen molar-refractivity contribution in [3.63, 3.8) is 0 Å². The Morgan fingerprint density at radius 2 is 2.11 bits per heavy atom. The van der Waals surface area contributed by atoms with E-state index >= 15 is 0 Å². The first-order chi connectivity index (χ1) is 8.36. The van der Waals surface area contributed by atoms with Crippen molar-refractivity contribution in [2.24, 2.45) is 0 Å². The van der Waals surface area contributed by atoms with Crippen LogP contribution in [0.4, 0.5) is 18.9 Å². The maximum absolute atomic E-state index is 12.4. The molecule has 0 unspecified atom stereocenters. The summed E-state index contributed by atoms with van der Waals surface area (Å²) < 4.78 is 42.2. The zero-order valence-electron chi connectivity index (χ0n) is 9.45. The number of alkyl halides is 3. The molecule has 8 heteroatoms. The quantitative estimate of drug-likeness (QED) is 0.503. The van der Waals surface area contributed by atoms with Gasteiger partial charge in [-0.25, -0.2) is 0 Å². The molecule has 18 heavy (non-hydrogen) atoms. The number of nitro benzene ring substituents is 1. The van der Waals surface area contributed by atoms with Crippen molar-refractivity contribution in [3.05, 3.63) is 33.9 Å². The van der Waals surface area contributed by atoms with Gasteiger partial charge in [-0.1, -0.05) is 0 Å². The molecule has 0 saturated heterocycles. The number of nitrogens with zero attached hydrogens (tertiary/aromatic N) is 1. The monoisotopic (exact) mass is 264 g/mol. The van der Waals surface area contributed by atoms with E-state index in [2.05, 4.69) is 5.32 Å². The van der Waals surface area contributed by atoms with Crippen LogP contribution in [0.1, 0.15) is 5.56 Å². The van der Waals surface area contributed by atoms with E-state index in [-0.39, 0.29) is 12.4 Å². The van der Waals surface area contributed by atoms with Gasteiger partial charge in [-0.3, -0.25) is 10.1 Å². The number of rotatable bonds is 5. The third-order valence-corrected chi connectivity index (χ3v) is 2.09. The van der Waals surface area contributed by atoms with Gasteiger partial charge in [0, 0.05) is 12.6 Å². The lowest BCUT2D eigenvalue weighted by atomic mass is 10.2. The van der Waals surface area contributed by atoms with Crippen LogP contribution in [0.15, 0.2) is 18.2 Å². The van der Waals surface area contributed by atoms with Crippen molar-refractivity contribution in [2.45, 2.75) is 6.18 Å². The molecule has 0 atom stereocenters. The van der Waals surface area contributed by atoms with Gasteiger partial charge in [0.15, 0.2) is 5.75 Å². The second-order valence-electron chi connectivity index (χ2n) is 3.39. The molecular weight excluding hydrogens is 253 g/mol. The summed E-state index contributed by atoms with van der Waals surface area (Å²) in [4.78, 5) is 9.78. The van der Waals surface area contributed by atoms with Gasteiger partial charge < -0.3 is 10.1 Å². The fraction of sp³-hybridized carbons (Fsp3) is 0.400. The van der Waals surface area contributed by atoms with Crippen LogP contribution in [-0.4, -0.2) is 25.1 Å². The van der Waals surface area contributed by atoms with Gasteiger partial charge in [0.2, 0.25) is 0 Å². The highest BCUT2D eigenvalue weighted by Crippen LogP contribution is 2.35. The zero-order chi connectivity index (χ0) is 13.8. The molecule has 0 fully saturated rings. The number of ether oxygens (including phenoxy) is 1. The lowest BCUT2D eigenvalue weighted by Crippen LogP contribution is -2.16. The molecule has 1 aromatic rings. The molecule has 1 rings (SSSR count). The van der Waals surface area contributed by atoms with Gasteiger partial charge in [0.1, 0.15) is 6.61 Å². The summed E-state index contributed by atoms with van der Waals surface area (Å²) in [7, 11) is 1.66. The first kappa shape index (κ1) is 14.2. The maximum Gasteiger partial charge on any atom is 0.416 e. The van der Waals surface area contributed by atoms with Crippen molar-refractivity contribution >= 4 is 5.69 Å². The normalized spacial score (nSPS) is 11.3. The van der Waals surface area contributed by atoms with E-state index in [1.54, 1.807) is 7.05 Å². The van der Waals surface area contributed by atoms with Crippen LogP contribution in [-0.2, 0) is 6.18 Å². The standard InChI is InChI=1S/C10H11F3N2O3/c1-14-4-5-18-9-3-2-7(10(11,12)13)6-8(9)15(16)17/h2-3,6,14H,4-5H2,1H3. The topological polar surface area (TPSA) is 64.4 Å². The number of hydrogen-bond donors (Lipinski definition) is 1. The Morgan fingerprint density at radius 3 is 2.61 bits per heavy atom. The predicted molar refractivity (Wildman–Crippen MR) is 57.5 cm³/mol. The Morgan fingerprint density at radius 1 is 1.44 bits per heavy atom. The van der Waals surface area contributed by atoms with E-state index in [1.165, 1.54) is 0 Å². The third kappa shape index (κ3) is 3.59. The summed E-state index contributed by atoms with van der Waals surface area (Å²) in [5.74, 6) is -0.178. The van der Waals surface area contributed by atoms with E-state index in [4.69, 9.17) is 4.74 Å². The van der Waals surface area contributed by atoms with Crippen molar-refractivity contribution < 1.29 is 22.8 Å². The molecule has 0 aliphatic heterocycles. The molecule has 0 aliphatic carbocycles. The van der Waals surface area contributed by atoms with Crippen LogP contribution in [0.25, 0.3) is 0 Å². The molecule has 1 aromatic carbocycles. The molecule has 0 aromatic heterocycles. The Labute approximate surface area is 101 Å². The fourth-order valence-electron chi connectivity index (χ4n) is 1.22. The number of halogens is 3. The molecule has 0 heterocycles. The van der Waals surface area contributed by atoms with E-state index in [0.717, 1.165) is 12.1 Å². The molecule has 0 spiro atoms. The van der Waals surface area contributed by atoms with Crippen molar-refractivity contribution in [1.29, 1.82) is 0 Å². The molecule has 0 saturated carbocycles. The van der Waals surface area contributed by atoms with Gasteiger partial charge in [0.25, 0.3) is 0 Å². The number of likely N-dealkylation sites (N-methyl/N-ethyl adjacent to an activating group) is 1. The summed E-state index contributed by atoms with van der Waals surface area (Å²) in [5.41, 5.74) is -1.77. The highest BCUT2D eigenvalue weighted by Gasteiger charge is 2.33. The van der Waals surface area contributed by atoms with Crippen LogP contribution in [0, 0.1) is 10.1 Å². The van der Waals surface area contributed by atoms with Gasteiger partial charge in [0.05, 0.1) is 10.5 Å².